The molecule has 40 heavy (non-hydrogen) atoms. The second kappa shape index (κ2) is 13.3. The number of nitrogens with one attached hydrogen (secondary N) is 1. The van der Waals surface area contributed by atoms with E-state index < -0.39 is 45.2 Å². The summed E-state index contributed by atoms with van der Waals surface area (Å²) in [5.41, 5.74) is 1.43. The molecular weight excluding hydrogens is 545 g/mol. The van der Waals surface area contributed by atoms with Gasteiger partial charge in [0.15, 0.2) is 11.5 Å². The van der Waals surface area contributed by atoms with Crippen LogP contribution in [0.25, 0.3) is 0 Å². The number of esters is 1. The van der Waals surface area contributed by atoms with E-state index in [-0.39, 0.29) is 29.2 Å². The Morgan fingerprint density at radius 2 is 1.73 bits per heavy atom. The van der Waals surface area contributed by atoms with E-state index in [4.69, 9.17) is 18.4 Å². The third kappa shape index (κ3) is 6.88. The number of hydrogen-bond donors (Lipinski definition) is 2. The van der Waals surface area contributed by atoms with Gasteiger partial charge >= 0.3 is 16.1 Å². The lowest BCUT2D eigenvalue weighted by Crippen LogP contribution is -2.30. The van der Waals surface area contributed by atoms with Gasteiger partial charge in [0.2, 0.25) is 5.91 Å². The Balaban J connectivity index is 1.79. The average Bonchev–Trinajstić information content (AvgIpc) is 2.95. The number of carbonyl (C=O) groups excluding carboxylic acids is 2. The quantitative estimate of drug-likeness (QED) is 0.246. The van der Waals surface area contributed by atoms with E-state index in [2.05, 4.69) is 5.32 Å². The van der Waals surface area contributed by atoms with E-state index in [1.54, 1.807) is 25.1 Å². The lowest BCUT2D eigenvalue weighted by Gasteiger charge is -2.20. The van der Waals surface area contributed by atoms with E-state index in [1.807, 2.05) is 0 Å². The lowest BCUT2D eigenvalue weighted by molar-refractivity contribution is -0.122. The molecule has 214 valence electrons. The van der Waals surface area contributed by atoms with E-state index in [0.717, 1.165) is 17.7 Å². The summed E-state index contributed by atoms with van der Waals surface area (Å²) >= 11 is 0. The van der Waals surface area contributed by atoms with E-state index in [0.29, 0.717) is 17.7 Å². The highest BCUT2D eigenvalue weighted by molar-refractivity contribution is 7.87. The molecule has 0 aliphatic rings. The highest BCUT2D eigenvalue weighted by Gasteiger charge is 2.27. The van der Waals surface area contributed by atoms with Crippen LogP contribution in [0.5, 0.6) is 17.2 Å². The Morgan fingerprint density at radius 3 is 2.35 bits per heavy atom. The predicted octanol–water partition coefficient (Wildman–Crippen LogP) is 3.35. The Labute approximate surface area is 231 Å². The van der Waals surface area contributed by atoms with Crippen LogP contribution in [0.1, 0.15) is 39.9 Å². The second-order valence-electron chi connectivity index (χ2n) is 8.61. The molecule has 0 heterocycles. The molecule has 1 unspecified atom stereocenters. The third-order valence-electron chi connectivity index (χ3n) is 6.16. The molecule has 1 amide bonds. The first kappa shape index (κ1) is 30.4. The largest absolute Gasteiger partial charge is 0.496 e. The standard InChI is InChI=1S/C28H30FNO9S/c1-17(27(32)30-13-12-18-8-9-22(28(33)38-4)25(14-18)37-3)21-10-11-24(36-2)26(23(21)16-31)39-40(34,35)20-7-5-6-19(29)15-20/h5-11,14-15,17,31H,12-13,16H2,1-4H3,(H,30,32). The summed E-state index contributed by atoms with van der Waals surface area (Å²) in [7, 11) is -0.495. The molecule has 0 saturated heterocycles. The van der Waals surface area contributed by atoms with Gasteiger partial charge in [-0.3, -0.25) is 4.79 Å². The maximum absolute atomic E-state index is 13.6. The minimum absolute atomic E-state index is 0.00438. The van der Waals surface area contributed by atoms with Crippen molar-refractivity contribution in [2.75, 3.05) is 27.9 Å². The van der Waals surface area contributed by atoms with Gasteiger partial charge < -0.3 is 28.8 Å². The molecule has 10 nitrogen and oxygen atoms in total. The topological polar surface area (TPSA) is 137 Å². The summed E-state index contributed by atoms with van der Waals surface area (Å²) in [4.78, 5) is 24.4. The fourth-order valence-electron chi connectivity index (χ4n) is 4.02. The van der Waals surface area contributed by atoms with Crippen molar-refractivity contribution in [1.29, 1.82) is 0 Å². The highest BCUT2D eigenvalue weighted by atomic mass is 32.2. The van der Waals surface area contributed by atoms with Gasteiger partial charge in [0.25, 0.3) is 0 Å². The van der Waals surface area contributed by atoms with Crippen molar-refractivity contribution >= 4 is 22.0 Å². The monoisotopic (exact) mass is 575 g/mol. The van der Waals surface area contributed by atoms with Crippen molar-refractivity contribution in [2.45, 2.75) is 30.8 Å². The number of amides is 1. The lowest BCUT2D eigenvalue weighted by atomic mass is 9.94. The molecule has 3 aromatic rings. The van der Waals surface area contributed by atoms with Crippen molar-refractivity contribution in [3.8, 4) is 17.2 Å². The summed E-state index contributed by atoms with van der Waals surface area (Å²) in [5, 5.41) is 13.0. The number of halogens is 1. The van der Waals surface area contributed by atoms with Crippen LogP contribution in [0.2, 0.25) is 0 Å². The Morgan fingerprint density at radius 1 is 1.00 bits per heavy atom. The number of hydrogen-bond acceptors (Lipinski definition) is 9. The van der Waals surface area contributed by atoms with Gasteiger partial charge in [-0.05, 0) is 60.9 Å². The van der Waals surface area contributed by atoms with Gasteiger partial charge in [-0.25, -0.2) is 9.18 Å². The molecular formula is C28H30FNO9S. The minimum Gasteiger partial charge on any atom is -0.496 e. The molecule has 12 heteroatoms. The van der Waals surface area contributed by atoms with Gasteiger partial charge in [0.05, 0.1) is 33.9 Å². The number of aliphatic hydroxyl groups excluding tert-OH is 1. The van der Waals surface area contributed by atoms with Crippen LogP contribution < -0.4 is 19.0 Å². The van der Waals surface area contributed by atoms with Crippen molar-refractivity contribution in [2.24, 2.45) is 0 Å². The maximum atomic E-state index is 13.6. The first-order valence-corrected chi connectivity index (χ1v) is 13.5. The number of methoxy groups -OCH3 is 3. The number of carbonyl (C=O) groups is 2. The molecule has 0 spiro atoms. The van der Waals surface area contributed by atoms with Crippen LogP contribution in [-0.4, -0.2) is 53.3 Å². The molecule has 0 bridgehead atoms. The first-order valence-electron chi connectivity index (χ1n) is 12.1. The molecule has 0 aliphatic heterocycles. The van der Waals surface area contributed by atoms with E-state index in [1.165, 1.54) is 45.6 Å². The van der Waals surface area contributed by atoms with Crippen LogP contribution in [-0.2, 0) is 32.7 Å². The summed E-state index contributed by atoms with van der Waals surface area (Å²) in [6, 6.07) is 12.2. The molecule has 0 aromatic heterocycles. The SMILES string of the molecule is COC(=O)c1ccc(CCNC(=O)C(C)c2ccc(OC)c(OS(=O)(=O)c3cccc(F)c3)c2CO)cc1OC. The van der Waals surface area contributed by atoms with Crippen LogP contribution in [0.4, 0.5) is 4.39 Å². The number of ether oxygens (including phenoxy) is 3. The molecule has 3 aromatic carbocycles. The predicted molar refractivity (Wildman–Crippen MR) is 143 cm³/mol. The third-order valence-corrected chi connectivity index (χ3v) is 7.38. The highest BCUT2D eigenvalue weighted by Crippen LogP contribution is 2.38. The second-order valence-corrected chi connectivity index (χ2v) is 10.2. The van der Waals surface area contributed by atoms with Gasteiger partial charge in [0.1, 0.15) is 22.0 Å². The smallest absolute Gasteiger partial charge is 0.341 e. The molecule has 1 atom stereocenters. The molecule has 0 aliphatic carbocycles. The fourth-order valence-corrected chi connectivity index (χ4v) is 5.02. The van der Waals surface area contributed by atoms with Crippen molar-refractivity contribution in [1.82, 2.24) is 5.32 Å². The molecule has 3 rings (SSSR count). The molecule has 0 fully saturated rings. The van der Waals surface area contributed by atoms with Gasteiger partial charge in [0, 0.05) is 12.1 Å². The Hall–Kier alpha value is -4.16. The zero-order valence-corrected chi connectivity index (χ0v) is 23.2. The first-order chi connectivity index (χ1) is 19.1. The number of benzene rings is 3. The average molecular weight is 576 g/mol. The van der Waals surface area contributed by atoms with Gasteiger partial charge in [-0.1, -0.05) is 18.2 Å². The van der Waals surface area contributed by atoms with E-state index >= 15 is 0 Å². The van der Waals surface area contributed by atoms with Gasteiger partial charge in [-0.15, -0.1) is 0 Å². The summed E-state index contributed by atoms with van der Waals surface area (Å²) in [6.07, 6.45) is 0.423. The van der Waals surface area contributed by atoms with Crippen molar-refractivity contribution < 1.29 is 45.9 Å². The van der Waals surface area contributed by atoms with Crippen LogP contribution in [0, 0.1) is 5.82 Å². The fraction of sp³-hybridized carbons (Fsp3) is 0.286. The van der Waals surface area contributed by atoms with Crippen molar-refractivity contribution in [3.05, 3.63) is 82.7 Å². The Kier molecular flexibility index (Phi) is 10.1. The summed E-state index contributed by atoms with van der Waals surface area (Å²) in [5.74, 6) is -2.46. The zero-order chi connectivity index (χ0) is 29.4. The van der Waals surface area contributed by atoms with Crippen LogP contribution >= 0.6 is 0 Å². The number of aliphatic hydroxyl groups is 1. The number of rotatable bonds is 12. The summed E-state index contributed by atoms with van der Waals surface area (Å²) < 4.78 is 59.9. The zero-order valence-electron chi connectivity index (χ0n) is 22.4. The van der Waals surface area contributed by atoms with Crippen molar-refractivity contribution in [3.63, 3.8) is 0 Å². The van der Waals surface area contributed by atoms with Gasteiger partial charge in [-0.2, -0.15) is 8.42 Å². The maximum Gasteiger partial charge on any atom is 0.341 e. The molecule has 0 radical (unpaired) electrons. The molecule has 2 N–H and O–H groups in total. The molecule has 0 saturated carbocycles. The Bertz CT molecular complexity index is 1490. The van der Waals surface area contributed by atoms with E-state index in [9.17, 15) is 27.5 Å². The summed E-state index contributed by atoms with van der Waals surface area (Å²) in [6.45, 7) is 1.17. The normalized spacial score (nSPS) is 11.8. The van der Waals surface area contributed by atoms with Crippen LogP contribution in [0.3, 0.4) is 0 Å². The van der Waals surface area contributed by atoms with Crippen LogP contribution in [0.15, 0.2) is 59.5 Å². The minimum atomic E-state index is -4.50.